The lowest BCUT2D eigenvalue weighted by Gasteiger charge is -2.55. The molecule has 1 aliphatic carbocycles. The molecule has 142 valence electrons. The molecule has 7 heteroatoms. The molecule has 0 bridgehead atoms. The predicted molar refractivity (Wildman–Crippen MR) is 110 cm³/mol. The quantitative estimate of drug-likeness (QED) is 0.336. The molecular formula is C17H35IN4O2. The predicted octanol–water partition coefficient (Wildman–Crippen LogP) is 2.23. The number of halogens is 1. The van der Waals surface area contributed by atoms with Gasteiger partial charge < -0.3 is 20.3 Å². The molecule has 1 saturated carbocycles. The number of guanidine groups is 1. The Morgan fingerprint density at radius 1 is 1.29 bits per heavy atom. The number of nitrogens with zero attached hydrogens (tertiary/aromatic N) is 2. The highest BCUT2D eigenvalue weighted by Crippen LogP contribution is 2.48. The Morgan fingerprint density at radius 3 is 2.38 bits per heavy atom. The molecule has 0 spiro atoms. The third-order valence-electron chi connectivity index (χ3n) is 5.13. The Balaban J connectivity index is 0.00000529. The van der Waals surface area contributed by atoms with E-state index in [2.05, 4.69) is 36.4 Å². The van der Waals surface area contributed by atoms with Gasteiger partial charge in [-0.15, -0.1) is 24.0 Å². The molecule has 1 amide bonds. The molecular weight excluding hydrogens is 419 g/mol. The maximum absolute atomic E-state index is 11.6. The van der Waals surface area contributed by atoms with E-state index < -0.39 is 0 Å². The lowest BCUT2D eigenvalue weighted by Crippen LogP contribution is -2.65. The van der Waals surface area contributed by atoms with Crippen molar-refractivity contribution in [2.75, 3.05) is 34.3 Å². The average molecular weight is 454 g/mol. The Labute approximate surface area is 164 Å². The molecule has 0 aromatic rings. The van der Waals surface area contributed by atoms with Gasteiger partial charge in [0.1, 0.15) is 0 Å². The summed E-state index contributed by atoms with van der Waals surface area (Å²) in [4.78, 5) is 17.5. The molecule has 0 heterocycles. The number of hydrogen-bond acceptors (Lipinski definition) is 3. The first-order valence-electron chi connectivity index (χ1n) is 8.74. The van der Waals surface area contributed by atoms with E-state index in [-0.39, 0.29) is 35.3 Å². The molecule has 1 fully saturated rings. The Hall–Kier alpha value is -0.570. The first kappa shape index (κ1) is 23.4. The highest BCUT2D eigenvalue weighted by molar-refractivity contribution is 14.0. The van der Waals surface area contributed by atoms with Crippen LogP contribution in [-0.2, 0) is 9.53 Å². The molecule has 1 aliphatic rings. The molecule has 0 aliphatic heterocycles. The summed E-state index contributed by atoms with van der Waals surface area (Å²) in [6, 6.07) is 0.366. The van der Waals surface area contributed by atoms with Crippen LogP contribution in [0.2, 0.25) is 0 Å². The van der Waals surface area contributed by atoms with Gasteiger partial charge in [-0.2, -0.15) is 0 Å². The summed E-state index contributed by atoms with van der Waals surface area (Å²) in [5, 5.41) is 6.76. The summed E-state index contributed by atoms with van der Waals surface area (Å²) < 4.78 is 5.91. The van der Waals surface area contributed by atoms with Gasteiger partial charge in [0, 0.05) is 52.2 Å². The van der Waals surface area contributed by atoms with Gasteiger partial charge >= 0.3 is 0 Å². The summed E-state index contributed by atoms with van der Waals surface area (Å²) in [7, 11) is 5.31. The number of hydrogen-bond donors (Lipinski definition) is 2. The minimum atomic E-state index is 0. The van der Waals surface area contributed by atoms with Gasteiger partial charge in [0.25, 0.3) is 0 Å². The summed E-state index contributed by atoms with van der Waals surface area (Å²) in [5.41, 5.74) is 0.174. The van der Waals surface area contributed by atoms with Crippen LogP contribution in [0.25, 0.3) is 0 Å². The van der Waals surface area contributed by atoms with Crippen LogP contribution in [0, 0.1) is 5.41 Å². The fourth-order valence-electron chi connectivity index (χ4n) is 3.45. The Bertz CT molecular complexity index is 411. The molecule has 0 aromatic carbocycles. The summed E-state index contributed by atoms with van der Waals surface area (Å²) in [5.74, 6) is 0.882. The van der Waals surface area contributed by atoms with Gasteiger partial charge in [-0.25, -0.2) is 0 Å². The highest BCUT2D eigenvalue weighted by atomic mass is 127. The van der Waals surface area contributed by atoms with Crippen molar-refractivity contribution in [3.63, 3.8) is 0 Å². The molecule has 6 nitrogen and oxygen atoms in total. The van der Waals surface area contributed by atoms with Gasteiger partial charge in [-0.1, -0.05) is 13.8 Å². The van der Waals surface area contributed by atoms with Crippen molar-refractivity contribution in [1.82, 2.24) is 15.5 Å². The second-order valence-electron chi connectivity index (χ2n) is 6.35. The van der Waals surface area contributed by atoms with Crippen molar-refractivity contribution >= 4 is 35.8 Å². The molecule has 2 atom stereocenters. The minimum Gasteiger partial charge on any atom is -0.378 e. The lowest BCUT2D eigenvalue weighted by molar-refractivity contribution is -0.133. The molecule has 0 saturated heterocycles. The standard InChI is InChI=1S/C17H34N4O2.HI/c1-7-17(8-2)13(12-14(17)23-9-3)20-16(18-4)19-11-10-15(22)21(5)6;/h13-14H,7-12H2,1-6H3,(H2,18,19,20);1H. The molecule has 2 unspecified atom stereocenters. The van der Waals surface area contributed by atoms with Crippen molar-refractivity contribution in [2.45, 2.75) is 58.6 Å². The number of ether oxygens (including phenoxy) is 1. The van der Waals surface area contributed by atoms with E-state index in [0.29, 0.717) is 25.1 Å². The maximum atomic E-state index is 11.6. The molecule has 24 heavy (non-hydrogen) atoms. The smallest absolute Gasteiger partial charge is 0.223 e. The van der Waals surface area contributed by atoms with Crippen LogP contribution in [0.1, 0.15) is 46.5 Å². The third-order valence-corrected chi connectivity index (χ3v) is 5.13. The van der Waals surface area contributed by atoms with Crippen molar-refractivity contribution in [2.24, 2.45) is 10.4 Å². The number of aliphatic imine (C=N–C) groups is 1. The van der Waals surface area contributed by atoms with Gasteiger partial charge in [0.05, 0.1) is 6.10 Å². The van der Waals surface area contributed by atoms with Gasteiger partial charge in [-0.05, 0) is 26.2 Å². The first-order valence-corrected chi connectivity index (χ1v) is 8.74. The Kier molecular flexibility index (Phi) is 10.9. The second-order valence-corrected chi connectivity index (χ2v) is 6.35. The lowest BCUT2D eigenvalue weighted by atomic mass is 9.58. The molecule has 2 N–H and O–H groups in total. The van der Waals surface area contributed by atoms with Crippen LogP contribution in [0.5, 0.6) is 0 Å². The third kappa shape index (κ3) is 5.47. The maximum Gasteiger partial charge on any atom is 0.223 e. The van der Waals surface area contributed by atoms with Gasteiger partial charge in [0.15, 0.2) is 5.96 Å². The minimum absolute atomic E-state index is 0. The number of carbonyl (C=O) groups excluding carboxylic acids is 1. The summed E-state index contributed by atoms with van der Waals surface area (Å²) in [6.45, 7) is 7.87. The summed E-state index contributed by atoms with van der Waals surface area (Å²) >= 11 is 0. The fourth-order valence-corrected chi connectivity index (χ4v) is 3.45. The molecule has 1 rings (SSSR count). The first-order chi connectivity index (χ1) is 10.9. The number of rotatable bonds is 8. The average Bonchev–Trinajstić information content (AvgIpc) is 2.53. The van der Waals surface area contributed by atoms with Crippen LogP contribution in [-0.4, -0.2) is 63.2 Å². The SMILES string of the molecule is CCOC1CC(NC(=NC)NCCC(=O)N(C)C)C1(CC)CC.I. The van der Waals surface area contributed by atoms with Crippen molar-refractivity contribution < 1.29 is 9.53 Å². The highest BCUT2D eigenvalue weighted by Gasteiger charge is 2.53. The number of amides is 1. The molecule has 0 aromatic heterocycles. The second kappa shape index (κ2) is 11.1. The zero-order chi connectivity index (χ0) is 17.5. The van der Waals surface area contributed by atoms with Crippen molar-refractivity contribution in [1.29, 1.82) is 0 Å². The van der Waals surface area contributed by atoms with E-state index in [4.69, 9.17) is 4.74 Å². The fraction of sp³-hybridized carbons (Fsp3) is 0.882. The normalized spacial score (nSPS) is 22.2. The van der Waals surface area contributed by atoms with E-state index >= 15 is 0 Å². The zero-order valence-electron chi connectivity index (χ0n) is 16.0. The monoisotopic (exact) mass is 454 g/mol. The van der Waals surface area contributed by atoms with Gasteiger partial charge in [0.2, 0.25) is 5.91 Å². The van der Waals surface area contributed by atoms with Crippen LogP contribution >= 0.6 is 24.0 Å². The molecule has 0 radical (unpaired) electrons. The largest absolute Gasteiger partial charge is 0.378 e. The van der Waals surface area contributed by atoms with Crippen molar-refractivity contribution in [3.05, 3.63) is 0 Å². The van der Waals surface area contributed by atoms with Crippen LogP contribution < -0.4 is 10.6 Å². The van der Waals surface area contributed by atoms with Crippen LogP contribution in [0.4, 0.5) is 0 Å². The van der Waals surface area contributed by atoms with Crippen molar-refractivity contribution in [3.8, 4) is 0 Å². The Morgan fingerprint density at radius 2 is 1.92 bits per heavy atom. The van der Waals surface area contributed by atoms with Gasteiger partial charge in [-0.3, -0.25) is 9.79 Å². The summed E-state index contributed by atoms with van der Waals surface area (Å²) in [6.07, 6.45) is 3.97. The van der Waals surface area contributed by atoms with E-state index in [9.17, 15) is 4.79 Å². The van der Waals surface area contributed by atoms with Crippen LogP contribution in [0.3, 0.4) is 0 Å². The van der Waals surface area contributed by atoms with E-state index in [0.717, 1.165) is 31.8 Å². The number of carbonyl (C=O) groups is 1. The van der Waals surface area contributed by atoms with E-state index in [1.165, 1.54) is 0 Å². The van der Waals surface area contributed by atoms with E-state index in [1.807, 2.05) is 0 Å². The van der Waals surface area contributed by atoms with Crippen LogP contribution in [0.15, 0.2) is 4.99 Å². The topological polar surface area (TPSA) is 66.0 Å². The van der Waals surface area contributed by atoms with E-state index in [1.54, 1.807) is 26.0 Å². The zero-order valence-corrected chi connectivity index (χ0v) is 18.3. The number of nitrogens with one attached hydrogen (secondary N) is 2.